The first kappa shape index (κ1) is 20.5. The molecule has 0 aliphatic rings. The molecule has 1 N–H and O–H groups in total. The van der Waals surface area contributed by atoms with Gasteiger partial charge in [0.2, 0.25) is 0 Å². The zero-order valence-corrected chi connectivity index (χ0v) is 15.5. The molecule has 0 atom stereocenters. The van der Waals surface area contributed by atoms with Gasteiger partial charge in [-0.25, -0.2) is 4.79 Å². The van der Waals surface area contributed by atoms with Crippen LogP contribution in [-0.2, 0) is 19.1 Å². The lowest BCUT2D eigenvalue weighted by molar-refractivity contribution is -0.142. The number of carbonyl (C=O) groups excluding carboxylic acids is 2. The molecule has 0 bridgehead atoms. The molecule has 0 amide bonds. The zero-order chi connectivity index (χ0) is 18.7. The SMILES string of the molecule is CCOC(=O)/C=C(/CC(=O)OCC)Nc1ccc(N(CC)CC)cc1. The molecule has 0 unspecified atom stereocenters. The van der Waals surface area contributed by atoms with Gasteiger partial charge in [0.15, 0.2) is 0 Å². The quantitative estimate of drug-likeness (QED) is 0.517. The van der Waals surface area contributed by atoms with Crippen molar-refractivity contribution in [1.29, 1.82) is 0 Å². The van der Waals surface area contributed by atoms with Gasteiger partial charge in [-0.05, 0) is 52.0 Å². The van der Waals surface area contributed by atoms with Crippen LogP contribution >= 0.6 is 0 Å². The van der Waals surface area contributed by atoms with Gasteiger partial charge in [0.1, 0.15) is 0 Å². The van der Waals surface area contributed by atoms with Crippen molar-refractivity contribution in [2.24, 2.45) is 0 Å². The summed E-state index contributed by atoms with van der Waals surface area (Å²) in [6, 6.07) is 7.83. The smallest absolute Gasteiger partial charge is 0.332 e. The molecule has 1 aromatic rings. The summed E-state index contributed by atoms with van der Waals surface area (Å²) >= 11 is 0. The molecule has 0 aliphatic carbocycles. The molecule has 6 heteroatoms. The third kappa shape index (κ3) is 7.28. The number of rotatable bonds is 10. The van der Waals surface area contributed by atoms with Crippen LogP contribution in [0.2, 0.25) is 0 Å². The fourth-order valence-corrected chi connectivity index (χ4v) is 2.35. The van der Waals surface area contributed by atoms with E-state index in [0.717, 1.165) is 24.5 Å². The molecule has 0 spiro atoms. The fraction of sp³-hybridized carbons (Fsp3) is 0.474. The van der Waals surface area contributed by atoms with Gasteiger partial charge in [0, 0.05) is 36.2 Å². The average Bonchev–Trinajstić information content (AvgIpc) is 2.57. The van der Waals surface area contributed by atoms with E-state index < -0.39 is 11.9 Å². The number of esters is 2. The van der Waals surface area contributed by atoms with E-state index in [1.54, 1.807) is 13.8 Å². The monoisotopic (exact) mass is 348 g/mol. The van der Waals surface area contributed by atoms with E-state index in [9.17, 15) is 9.59 Å². The highest BCUT2D eigenvalue weighted by Gasteiger charge is 2.10. The largest absolute Gasteiger partial charge is 0.466 e. The summed E-state index contributed by atoms with van der Waals surface area (Å²) in [6.45, 7) is 10.1. The van der Waals surface area contributed by atoms with Crippen LogP contribution in [0.5, 0.6) is 0 Å². The maximum absolute atomic E-state index is 11.7. The first-order valence-electron chi connectivity index (χ1n) is 8.68. The summed E-state index contributed by atoms with van der Waals surface area (Å²) in [6.07, 6.45) is 1.27. The van der Waals surface area contributed by atoms with Crippen molar-refractivity contribution >= 4 is 23.3 Å². The zero-order valence-electron chi connectivity index (χ0n) is 15.5. The Balaban J connectivity index is 2.89. The number of nitrogens with one attached hydrogen (secondary N) is 1. The van der Waals surface area contributed by atoms with E-state index >= 15 is 0 Å². The Hall–Kier alpha value is -2.50. The lowest BCUT2D eigenvalue weighted by Gasteiger charge is -2.21. The number of anilines is 2. The lowest BCUT2D eigenvalue weighted by Crippen LogP contribution is -2.21. The normalized spacial score (nSPS) is 11.0. The second-order valence-corrected chi connectivity index (χ2v) is 5.25. The van der Waals surface area contributed by atoms with Crippen LogP contribution in [0.25, 0.3) is 0 Å². The molecule has 0 radical (unpaired) electrons. The van der Waals surface area contributed by atoms with Gasteiger partial charge in [0.05, 0.1) is 19.6 Å². The molecule has 0 aromatic heterocycles. The van der Waals surface area contributed by atoms with Gasteiger partial charge in [-0.3, -0.25) is 4.79 Å². The molecule has 1 rings (SSSR count). The molecule has 138 valence electrons. The van der Waals surface area contributed by atoms with Crippen LogP contribution in [-0.4, -0.2) is 38.2 Å². The molecule has 0 saturated carbocycles. The standard InChI is InChI=1S/C19H28N2O4/c1-5-21(6-2)17-11-9-15(10-12-17)20-16(13-18(22)24-7-3)14-19(23)25-8-4/h9-13,20H,5-8,14H2,1-4H3/b16-13-. The maximum atomic E-state index is 11.7. The molecule has 0 saturated heterocycles. The number of nitrogens with zero attached hydrogens (tertiary/aromatic N) is 1. The molecular weight excluding hydrogens is 320 g/mol. The van der Waals surface area contributed by atoms with Gasteiger partial charge in [0.25, 0.3) is 0 Å². The Labute approximate surface area is 149 Å². The van der Waals surface area contributed by atoms with Crippen molar-refractivity contribution in [3.8, 4) is 0 Å². The van der Waals surface area contributed by atoms with Gasteiger partial charge in [-0.2, -0.15) is 0 Å². The van der Waals surface area contributed by atoms with Crippen LogP contribution in [0.15, 0.2) is 36.0 Å². The molecule has 25 heavy (non-hydrogen) atoms. The van der Waals surface area contributed by atoms with Crippen LogP contribution in [0.3, 0.4) is 0 Å². The minimum absolute atomic E-state index is 0.0234. The Morgan fingerprint density at radius 3 is 2.12 bits per heavy atom. The van der Waals surface area contributed by atoms with Gasteiger partial charge in [-0.1, -0.05) is 0 Å². The third-order valence-corrected chi connectivity index (χ3v) is 3.52. The highest BCUT2D eigenvalue weighted by molar-refractivity contribution is 5.85. The van der Waals surface area contributed by atoms with E-state index in [4.69, 9.17) is 9.47 Å². The van der Waals surface area contributed by atoms with Gasteiger partial charge >= 0.3 is 11.9 Å². The van der Waals surface area contributed by atoms with Crippen LogP contribution < -0.4 is 10.2 Å². The summed E-state index contributed by atoms with van der Waals surface area (Å²) in [4.78, 5) is 25.7. The Morgan fingerprint density at radius 2 is 1.60 bits per heavy atom. The number of benzene rings is 1. The summed E-state index contributed by atoms with van der Waals surface area (Å²) < 4.78 is 9.87. The van der Waals surface area contributed by atoms with E-state index in [0.29, 0.717) is 12.3 Å². The first-order valence-corrected chi connectivity index (χ1v) is 8.68. The number of carbonyl (C=O) groups is 2. The van der Waals surface area contributed by atoms with Crippen molar-refractivity contribution in [1.82, 2.24) is 0 Å². The minimum atomic E-state index is -0.492. The Morgan fingerprint density at radius 1 is 1.00 bits per heavy atom. The Kier molecular flexibility index (Phi) is 9.14. The van der Waals surface area contributed by atoms with Crippen molar-refractivity contribution < 1.29 is 19.1 Å². The predicted octanol–water partition coefficient (Wildman–Crippen LogP) is 3.34. The van der Waals surface area contributed by atoms with E-state index in [2.05, 4.69) is 24.1 Å². The summed E-state index contributed by atoms with van der Waals surface area (Å²) in [7, 11) is 0. The summed E-state index contributed by atoms with van der Waals surface area (Å²) in [5, 5.41) is 3.10. The van der Waals surface area contributed by atoms with Crippen LogP contribution in [0.1, 0.15) is 34.1 Å². The summed E-state index contributed by atoms with van der Waals surface area (Å²) in [5.41, 5.74) is 2.35. The molecular formula is C19H28N2O4. The van der Waals surface area contributed by atoms with Crippen LogP contribution in [0.4, 0.5) is 11.4 Å². The van der Waals surface area contributed by atoms with E-state index in [-0.39, 0.29) is 13.0 Å². The van der Waals surface area contributed by atoms with Crippen molar-refractivity contribution in [2.75, 3.05) is 36.5 Å². The first-order chi connectivity index (χ1) is 12.0. The minimum Gasteiger partial charge on any atom is -0.466 e. The highest BCUT2D eigenvalue weighted by atomic mass is 16.5. The topological polar surface area (TPSA) is 67.9 Å². The molecule has 1 aromatic carbocycles. The molecule has 0 fully saturated rings. The van der Waals surface area contributed by atoms with Crippen molar-refractivity contribution in [3.63, 3.8) is 0 Å². The fourth-order valence-electron chi connectivity index (χ4n) is 2.35. The average molecular weight is 348 g/mol. The number of hydrogen-bond acceptors (Lipinski definition) is 6. The second-order valence-electron chi connectivity index (χ2n) is 5.25. The molecule has 6 nitrogen and oxygen atoms in total. The van der Waals surface area contributed by atoms with Crippen molar-refractivity contribution in [3.05, 3.63) is 36.0 Å². The van der Waals surface area contributed by atoms with Gasteiger partial charge in [-0.15, -0.1) is 0 Å². The lowest BCUT2D eigenvalue weighted by atomic mass is 10.2. The van der Waals surface area contributed by atoms with E-state index in [1.165, 1.54) is 6.08 Å². The third-order valence-electron chi connectivity index (χ3n) is 3.52. The van der Waals surface area contributed by atoms with E-state index in [1.807, 2.05) is 24.3 Å². The summed E-state index contributed by atoms with van der Waals surface area (Å²) in [5.74, 6) is -0.889. The maximum Gasteiger partial charge on any atom is 0.332 e. The highest BCUT2D eigenvalue weighted by Crippen LogP contribution is 2.19. The predicted molar refractivity (Wildman–Crippen MR) is 99.6 cm³/mol. The molecule has 0 heterocycles. The van der Waals surface area contributed by atoms with Crippen LogP contribution in [0, 0.1) is 0 Å². The number of hydrogen-bond donors (Lipinski definition) is 1. The molecule has 0 aliphatic heterocycles. The number of ether oxygens (including phenoxy) is 2. The van der Waals surface area contributed by atoms with Crippen molar-refractivity contribution in [2.45, 2.75) is 34.1 Å². The second kappa shape index (κ2) is 11.1. The van der Waals surface area contributed by atoms with Gasteiger partial charge < -0.3 is 19.7 Å². The Bertz CT molecular complexity index is 578.